The van der Waals surface area contributed by atoms with Crippen LogP contribution in [0.25, 0.3) is 0 Å². The van der Waals surface area contributed by atoms with Crippen LogP contribution in [0.3, 0.4) is 0 Å². The van der Waals surface area contributed by atoms with Crippen LogP contribution in [0.5, 0.6) is 0 Å². The molecule has 0 unspecified atom stereocenters. The second-order valence-electron chi connectivity index (χ2n) is 5.01. The Morgan fingerprint density at radius 3 is 1.09 bits per heavy atom. The fourth-order valence-corrected chi connectivity index (χ4v) is 2.06. The summed E-state index contributed by atoms with van der Waals surface area (Å²) < 4.78 is 0. The monoisotopic (exact) mass is 300 g/mol. The van der Waals surface area contributed by atoms with Crippen LogP contribution in [0.1, 0.15) is 50.5 Å². The minimum atomic E-state index is 0.555. The molecule has 2 heterocycles. The van der Waals surface area contributed by atoms with Gasteiger partial charge in [0.15, 0.2) is 0 Å². The van der Waals surface area contributed by atoms with Gasteiger partial charge in [0, 0.05) is 22.8 Å². The molecule has 0 atom stereocenters. The van der Waals surface area contributed by atoms with Crippen molar-refractivity contribution in [2.45, 2.75) is 53.4 Å². The SMILES string of the molecule is CCc1cc(CC)nc(NNc2nc(CC)cc(CC)n2)n1. The van der Waals surface area contributed by atoms with E-state index in [0.29, 0.717) is 11.9 Å². The zero-order valence-corrected chi connectivity index (χ0v) is 13.8. The number of nitrogens with one attached hydrogen (secondary N) is 2. The minimum absolute atomic E-state index is 0.555. The van der Waals surface area contributed by atoms with E-state index in [9.17, 15) is 0 Å². The summed E-state index contributed by atoms with van der Waals surface area (Å²) >= 11 is 0. The number of hydrazine groups is 1. The lowest BCUT2D eigenvalue weighted by Crippen LogP contribution is -2.16. The number of nitrogens with zero attached hydrogens (tertiary/aromatic N) is 4. The van der Waals surface area contributed by atoms with Gasteiger partial charge in [-0.3, -0.25) is 10.9 Å². The topological polar surface area (TPSA) is 75.6 Å². The third-order valence-electron chi connectivity index (χ3n) is 3.40. The zero-order chi connectivity index (χ0) is 15.9. The Bertz CT molecular complexity index is 526. The van der Waals surface area contributed by atoms with Gasteiger partial charge in [-0.15, -0.1) is 0 Å². The Morgan fingerprint density at radius 2 is 0.864 bits per heavy atom. The van der Waals surface area contributed by atoms with Gasteiger partial charge in [-0.05, 0) is 37.8 Å². The van der Waals surface area contributed by atoms with E-state index in [1.807, 2.05) is 12.1 Å². The molecule has 0 fully saturated rings. The molecule has 2 N–H and O–H groups in total. The Balaban J connectivity index is 2.15. The Kier molecular flexibility index (Phi) is 5.63. The van der Waals surface area contributed by atoms with E-state index in [1.54, 1.807) is 0 Å². The standard InChI is InChI=1S/C16H24N6/c1-5-11-9-12(6-2)18-15(17-11)21-22-16-19-13(7-3)10-14(8-4)20-16/h9-10H,5-8H2,1-4H3,(H,17,18,21)(H,19,20,22). The van der Waals surface area contributed by atoms with Crippen molar-refractivity contribution in [3.8, 4) is 0 Å². The lowest BCUT2D eigenvalue weighted by molar-refractivity contribution is 0.920. The van der Waals surface area contributed by atoms with Gasteiger partial charge in [0.2, 0.25) is 11.9 Å². The predicted octanol–water partition coefficient (Wildman–Crippen LogP) is 2.96. The van der Waals surface area contributed by atoms with Gasteiger partial charge in [0.25, 0.3) is 0 Å². The zero-order valence-electron chi connectivity index (χ0n) is 13.8. The number of hydrogen-bond donors (Lipinski definition) is 2. The summed E-state index contributed by atoms with van der Waals surface area (Å²) in [6.07, 6.45) is 3.52. The highest BCUT2D eigenvalue weighted by molar-refractivity contribution is 5.38. The summed E-state index contributed by atoms with van der Waals surface area (Å²) in [5.74, 6) is 1.11. The molecule has 0 aliphatic heterocycles. The van der Waals surface area contributed by atoms with Crippen LogP contribution < -0.4 is 10.9 Å². The highest BCUT2D eigenvalue weighted by atomic mass is 15.4. The van der Waals surface area contributed by atoms with Gasteiger partial charge in [-0.2, -0.15) is 0 Å². The predicted molar refractivity (Wildman–Crippen MR) is 88.8 cm³/mol. The molecule has 118 valence electrons. The summed E-state index contributed by atoms with van der Waals surface area (Å²) in [5, 5.41) is 0. The fourth-order valence-electron chi connectivity index (χ4n) is 2.06. The second-order valence-corrected chi connectivity index (χ2v) is 5.01. The van der Waals surface area contributed by atoms with Gasteiger partial charge < -0.3 is 0 Å². The number of aromatic nitrogens is 4. The molecule has 2 aromatic heterocycles. The molecule has 22 heavy (non-hydrogen) atoms. The smallest absolute Gasteiger partial charge is 0.242 e. The van der Waals surface area contributed by atoms with Crippen LogP contribution in [-0.4, -0.2) is 19.9 Å². The molecular formula is C16H24N6. The largest absolute Gasteiger partial charge is 0.265 e. The molecule has 0 spiro atoms. The van der Waals surface area contributed by atoms with Gasteiger partial charge in [0.1, 0.15) is 0 Å². The van der Waals surface area contributed by atoms with Crippen molar-refractivity contribution in [2.75, 3.05) is 10.9 Å². The molecule has 6 nitrogen and oxygen atoms in total. The highest BCUT2D eigenvalue weighted by Crippen LogP contribution is 2.10. The number of aryl methyl sites for hydroxylation is 4. The third-order valence-corrected chi connectivity index (χ3v) is 3.40. The number of anilines is 2. The fraction of sp³-hybridized carbons (Fsp3) is 0.500. The lowest BCUT2D eigenvalue weighted by Gasteiger charge is -2.11. The van der Waals surface area contributed by atoms with E-state index >= 15 is 0 Å². The Morgan fingerprint density at radius 1 is 0.591 bits per heavy atom. The molecule has 0 aliphatic carbocycles. The van der Waals surface area contributed by atoms with E-state index < -0.39 is 0 Å². The molecule has 0 radical (unpaired) electrons. The maximum absolute atomic E-state index is 4.46. The van der Waals surface area contributed by atoms with E-state index in [-0.39, 0.29) is 0 Å². The van der Waals surface area contributed by atoms with Crippen LogP contribution in [0.15, 0.2) is 12.1 Å². The number of hydrogen-bond acceptors (Lipinski definition) is 6. The van der Waals surface area contributed by atoms with E-state index in [1.165, 1.54) is 0 Å². The molecular weight excluding hydrogens is 276 g/mol. The molecule has 0 aliphatic rings. The van der Waals surface area contributed by atoms with Crippen LogP contribution in [0.2, 0.25) is 0 Å². The molecule has 2 rings (SSSR count). The summed E-state index contributed by atoms with van der Waals surface area (Å²) in [6, 6.07) is 4.07. The Hall–Kier alpha value is -2.24. The lowest BCUT2D eigenvalue weighted by atomic mass is 10.2. The maximum atomic E-state index is 4.46. The van der Waals surface area contributed by atoms with Crippen molar-refractivity contribution in [1.29, 1.82) is 0 Å². The first-order chi connectivity index (χ1) is 10.7. The summed E-state index contributed by atoms with van der Waals surface area (Å²) in [5.41, 5.74) is 10.1. The van der Waals surface area contributed by atoms with Crippen LogP contribution in [0.4, 0.5) is 11.9 Å². The van der Waals surface area contributed by atoms with Crippen LogP contribution in [-0.2, 0) is 25.7 Å². The first kappa shape index (κ1) is 16.1. The molecule has 0 saturated heterocycles. The van der Waals surface area contributed by atoms with Crippen molar-refractivity contribution in [2.24, 2.45) is 0 Å². The van der Waals surface area contributed by atoms with Crippen LogP contribution in [0, 0.1) is 0 Å². The first-order valence-electron chi connectivity index (χ1n) is 7.94. The van der Waals surface area contributed by atoms with Crippen molar-refractivity contribution in [3.05, 3.63) is 34.9 Å². The number of rotatable bonds is 7. The first-order valence-corrected chi connectivity index (χ1v) is 7.94. The quantitative estimate of drug-likeness (QED) is 0.766. The van der Waals surface area contributed by atoms with Crippen molar-refractivity contribution in [1.82, 2.24) is 19.9 Å². The van der Waals surface area contributed by atoms with Crippen LogP contribution >= 0.6 is 0 Å². The molecule has 0 aromatic carbocycles. The molecule has 0 amide bonds. The van der Waals surface area contributed by atoms with Crippen molar-refractivity contribution >= 4 is 11.9 Å². The summed E-state index contributed by atoms with van der Waals surface area (Å²) in [6.45, 7) is 8.33. The summed E-state index contributed by atoms with van der Waals surface area (Å²) in [7, 11) is 0. The molecule has 0 bridgehead atoms. The average molecular weight is 300 g/mol. The molecule has 6 heteroatoms. The Labute approximate surface area is 131 Å². The van der Waals surface area contributed by atoms with E-state index in [2.05, 4.69) is 58.5 Å². The van der Waals surface area contributed by atoms with Gasteiger partial charge in [-0.1, -0.05) is 27.7 Å². The second kappa shape index (κ2) is 7.68. The normalized spacial score (nSPS) is 10.5. The average Bonchev–Trinajstić information content (AvgIpc) is 2.59. The van der Waals surface area contributed by atoms with Gasteiger partial charge >= 0.3 is 0 Å². The molecule has 2 aromatic rings. The van der Waals surface area contributed by atoms with Crippen molar-refractivity contribution < 1.29 is 0 Å². The van der Waals surface area contributed by atoms with E-state index in [0.717, 1.165) is 48.5 Å². The van der Waals surface area contributed by atoms with E-state index in [4.69, 9.17) is 0 Å². The minimum Gasteiger partial charge on any atom is -0.265 e. The van der Waals surface area contributed by atoms with Crippen molar-refractivity contribution in [3.63, 3.8) is 0 Å². The van der Waals surface area contributed by atoms with Gasteiger partial charge in [-0.25, -0.2) is 19.9 Å². The third kappa shape index (κ3) is 4.13. The molecule has 0 saturated carbocycles. The highest BCUT2D eigenvalue weighted by Gasteiger charge is 2.05. The summed E-state index contributed by atoms with van der Waals surface area (Å²) in [4.78, 5) is 17.8. The maximum Gasteiger partial charge on any atom is 0.242 e. The van der Waals surface area contributed by atoms with Gasteiger partial charge in [0.05, 0.1) is 0 Å².